The molecule has 0 spiro atoms. The van der Waals surface area contributed by atoms with Gasteiger partial charge < -0.3 is 24.1 Å². The third-order valence-corrected chi connectivity index (χ3v) is 5.38. The SMILES string of the molecule is COc1cc(/C=C/C(=O)Nc2ccc(Oc3ncccn3)cc2C)ccc1OCc1c(C)noc1C. The van der Waals surface area contributed by atoms with E-state index in [2.05, 4.69) is 20.4 Å². The molecule has 0 unspecified atom stereocenters. The van der Waals surface area contributed by atoms with Gasteiger partial charge in [0, 0.05) is 24.2 Å². The van der Waals surface area contributed by atoms with E-state index in [0.29, 0.717) is 29.5 Å². The molecule has 0 atom stereocenters. The smallest absolute Gasteiger partial charge is 0.321 e. The number of rotatable bonds is 9. The summed E-state index contributed by atoms with van der Waals surface area (Å²) in [6.07, 6.45) is 6.37. The molecule has 184 valence electrons. The van der Waals surface area contributed by atoms with Gasteiger partial charge in [-0.2, -0.15) is 0 Å². The summed E-state index contributed by atoms with van der Waals surface area (Å²) in [6, 6.07) is 12.7. The highest BCUT2D eigenvalue weighted by molar-refractivity contribution is 6.02. The molecule has 2 aromatic heterocycles. The highest BCUT2D eigenvalue weighted by Gasteiger charge is 2.12. The predicted octanol–water partition coefficient (Wildman–Crippen LogP) is 5.42. The Bertz CT molecular complexity index is 1360. The van der Waals surface area contributed by atoms with Crippen molar-refractivity contribution in [2.45, 2.75) is 27.4 Å². The van der Waals surface area contributed by atoms with Crippen molar-refractivity contribution in [1.82, 2.24) is 15.1 Å². The Kier molecular flexibility index (Phi) is 7.60. The van der Waals surface area contributed by atoms with Gasteiger partial charge >= 0.3 is 6.01 Å². The Labute approximate surface area is 208 Å². The first-order valence-corrected chi connectivity index (χ1v) is 11.2. The molecule has 9 heteroatoms. The molecule has 0 aliphatic carbocycles. The summed E-state index contributed by atoms with van der Waals surface area (Å²) in [5, 5.41) is 6.81. The number of aryl methyl sites for hydroxylation is 3. The van der Waals surface area contributed by atoms with Gasteiger partial charge in [0.15, 0.2) is 11.5 Å². The van der Waals surface area contributed by atoms with Crippen LogP contribution in [0, 0.1) is 20.8 Å². The number of hydrogen-bond donors (Lipinski definition) is 1. The molecule has 4 rings (SSSR count). The van der Waals surface area contributed by atoms with Crippen molar-refractivity contribution in [3.63, 3.8) is 0 Å². The molecule has 2 aromatic carbocycles. The van der Waals surface area contributed by atoms with E-state index < -0.39 is 0 Å². The standard InChI is InChI=1S/C27H26N4O5/c1-17-14-21(35-27-28-12-5-13-29-27)8-9-23(17)30-26(32)11-7-20-6-10-24(25(15-20)33-4)34-16-22-18(2)31-36-19(22)3/h5-15H,16H2,1-4H3,(H,30,32)/b11-7+. The Morgan fingerprint density at radius 2 is 1.86 bits per heavy atom. The zero-order valence-corrected chi connectivity index (χ0v) is 20.4. The fourth-order valence-corrected chi connectivity index (χ4v) is 3.39. The van der Waals surface area contributed by atoms with E-state index in [1.54, 1.807) is 55.9 Å². The van der Waals surface area contributed by atoms with Crippen LogP contribution in [0.15, 0.2) is 65.5 Å². The van der Waals surface area contributed by atoms with Crippen molar-refractivity contribution < 1.29 is 23.5 Å². The van der Waals surface area contributed by atoms with Crippen LogP contribution < -0.4 is 19.5 Å². The van der Waals surface area contributed by atoms with Crippen molar-refractivity contribution in [3.05, 3.63) is 89.1 Å². The molecule has 2 heterocycles. The molecule has 0 radical (unpaired) electrons. The van der Waals surface area contributed by atoms with Crippen molar-refractivity contribution >= 4 is 17.7 Å². The second-order valence-electron chi connectivity index (χ2n) is 7.93. The van der Waals surface area contributed by atoms with Crippen LogP contribution in [0.3, 0.4) is 0 Å². The van der Waals surface area contributed by atoms with E-state index in [0.717, 1.165) is 28.1 Å². The molecule has 0 saturated heterocycles. The zero-order chi connectivity index (χ0) is 25.5. The first kappa shape index (κ1) is 24.5. The number of benzene rings is 2. The minimum absolute atomic E-state index is 0.257. The zero-order valence-electron chi connectivity index (χ0n) is 20.4. The Hall–Kier alpha value is -4.66. The minimum atomic E-state index is -0.268. The number of carbonyl (C=O) groups excluding carboxylic acids is 1. The Balaban J connectivity index is 1.37. The highest BCUT2D eigenvalue weighted by Crippen LogP contribution is 2.30. The number of anilines is 1. The summed E-state index contributed by atoms with van der Waals surface area (Å²) in [7, 11) is 1.57. The average Bonchev–Trinajstić information content (AvgIpc) is 3.20. The van der Waals surface area contributed by atoms with E-state index in [9.17, 15) is 4.79 Å². The lowest BCUT2D eigenvalue weighted by Crippen LogP contribution is -2.09. The van der Waals surface area contributed by atoms with Crippen LogP contribution >= 0.6 is 0 Å². The highest BCUT2D eigenvalue weighted by atomic mass is 16.5. The number of methoxy groups -OCH3 is 1. The number of carbonyl (C=O) groups is 1. The molecule has 36 heavy (non-hydrogen) atoms. The second kappa shape index (κ2) is 11.2. The predicted molar refractivity (Wildman–Crippen MR) is 134 cm³/mol. The number of hydrogen-bond acceptors (Lipinski definition) is 8. The molecule has 0 saturated carbocycles. The van der Waals surface area contributed by atoms with E-state index in [4.69, 9.17) is 18.7 Å². The van der Waals surface area contributed by atoms with Crippen molar-refractivity contribution in [2.75, 3.05) is 12.4 Å². The molecule has 0 fully saturated rings. The van der Waals surface area contributed by atoms with Gasteiger partial charge in [0.25, 0.3) is 0 Å². The van der Waals surface area contributed by atoms with Gasteiger partial charge in [-0.3, -0.25) is 4.79 Å². The molecule has 1 amide bonds. The lowest BCUT2D eigenvalue weighted by atomic mass is 10.1. The third kappa shape index (κ3) is 6.06. The maximum atomic E-state index is 12.5. The number of amides is 1. The largest absolute Gasteiger partial charge is 0.493 e. The van der Waals surface area contributed by atoms with Crippen LogP contribution in [0.1, 0.15) is 28.1 Å². The molecular formula is C27H26N4O5. The Morgan fingerprint density at radius 3 is 2.56 bits per heavy atom. The first-order valence-electron chi connectivity index (χ1n) is 11.2. The van der Waals surface area contributed by atoms with Gasteiger partial charge in [-0.05, 0) is 74.4 Å². The third-order valence-electron chi connectivity index (χ3n) is 5.38. The van der Waals surface area contributed by atoms with Gasteiger partial charge in [0.1, 0.15) is 18.1 Å². The summed E-state index contributed by atoms with van der Waals surface area (Å²) in [5.41, 5.74) is 3.99. The summed E-state index contributed by atoms with van der Waals surface area (Å²) in [4.78, 5) is 20.6. The number of nitrogens with one attached hydrogen (secondary N) is 1. The van der Waals surface area contributed by atoms with Gasteiger partial charge in [-0.1, -0.05) is 11.2 Å². The van der Waals surface area contributed by atoms with E-state index in [-0.39, 0.29) is 11.9 Å². The second-order valence-corrected chi connectivity index (χ2v) is 7.93. The van der Waals surface area contributed by atoms with Crippen molar-refractivity contribution in [2.24, 2.45) is 0 Å². The van der Waals surface area contributed by atoms with Crippen LogP contribution in [-0.4, -0.2) is 28.1 Å². The molecule has 0 aliphatic heterocycles. The maximum absolute atomic E-state index is 12.5. The van der Waals surface area contributed by atoms with Crippen LogP contribution in [0.25, 0.3) is 6.08 Å². The van der Waals surface area contributed by atoms with Crippen molar-refractivity contribution in [3.8, 4) is 23.3 Å². The lowest BCUT2D eigenvalue weighted by molar-refractivity contribution is -0.111. The monoisotopic (exact) mass is 486 g/mol. The van der Waals surface area contributed by atoms with Crippen LogP contribution in [-0.2, 0) is 11.4 Å². The Morgan fingerprint density at radius 1 is 1.06 bits per heavy atom. The van der Waals surface area contributed by atoms with Crippen molar-refractivity contribution in [1.29, 1.82) is 0 Å². The fourth-order valence-electron chi connectivity index (χ4n) is 3.39. The van der Waals surface area contributed by atoms with Gasteiger partial charge in [-0.25, -0.2) is 9.97 Å². The molecule has 9 nitrogen and oxygen atoms in total. The summed E-state index contributed by atoms with van der Waals surface area (Å²) in [6.45, 7) is 5.91. The quantitative estimate of drug-likeness (QED) is 0.312. The number of aromatic nitrogens is 3. The normalized spacial score (nSPS) is 10.9. The van der Waals surface area contributed by atoms with Gasteiger partial charge in [0.2, 0.25) is 5.91 Å². The van der Waals surface area contributed by atoms with Crippen LogP contribution in [0.4, 0.5) is 5.69 Å². The summed E-state index contributed by atoms with van der Waals surface area (Å²) < 4.78 is 22.2. The average molecular weight is 487 g/mol. The number of ether oxygens (including phenoxy) is 3. The topological polar surface area (TPSA) is 109 Å². The van der Waals surface area contributed by atoms with E-state index in [1.165, 1.54) is 6.08 Å². The molecule has 0 aliphatic rings. The fraction of sp³-hybridized carbons (Fsp3) is 0.185. The molecule has 4 aromatic rings. The first-order chi connectivity index (χ1) is 17.4. The van der Waals surface area contributed by atoms with Crippen LogP contribution in [0.2, 0.25) is 0 Å². The maximum Gasteiger partial charge on any atom is 0.321 e. The van der Waals surface area contributed by atoms with E-state index >= 15 is 0 Å². The van der Waals surface area contributed by atoms with E-state index in [1.807, 2.05) is 32.9 Å². The van der Waals surface area contributed by atoms with Crippen LogP contribution in [0.5, 0.6) is 23.3 Å². The summed E-state index contributed by atoms with van der Waals surface area (Å²) >= 11 is 0. The molecule has 1 N–H and O–H groups in total. The molecular weight excluding hydrogens is 460 g/mol. The summed E-state index contributed by atoms with van der Waals surface area (Å²) in [5.74, 6) is 2.17. The minimum Gasteiger partial charge on any atom is -0.493 e. The van der Waals surface area contributed by atoms with Gasteiger partial charge in [0.05, 0.1) is 18.4 Å². The molecule has 0 bridgehead atoms. The number of nitrogens with zero attached hydrogens (tertiary/aromatic N) is 3. The lowest BCUT2D eigenvalue weighted by Gasteiger charge is -2.11. The van der Waals surface area contributed by atoms with Gasteiger partial charge in [-0.15, -0.1) is 0 Å².